The van der Waals surface area contributed by atoms with E-state index in [2.05, 4.69) is 54.8 Å². The molecule has 0 aliphatic carbocycles. The van der Waals surface area contributed by atoms with Gasteiger partial charge >= 0.3 is 0 Å². The Bertz CT molecular complexity index is 1200. The normalized spacial score (nSPS) is 11.3. The lowest BCUT2D eigenvalue weighted by Gasteiger charge is -2.19. The van der Waals surface area contributed by atoms with Crippen LogP contribution in [0.2, 0.25) is 0 Å². The second-order valence-electron chi connectivity index (χ2n) is 9.13. The van der Waals surface area contributed by atoms with Gasteiger partial charge in [0.25, 0.3) is 0 Å². The van der Waals surface area contributed by atoms with Crippen molar-refractivity contribution in [3.05, 3.63) is 66.2 Å². The Morgan fingerprint density at radius 1 is 0.657 bits per heavy atom. The molecular formula is C31H37NO3. The van der Waals surface area contributed by atoms with Gasteiger partial charge in [-0.05, 0) is 37.1 Å². The van der Waals surface area contributed by atoms with Crippen LogP contribution in [-0.4, -0.2) is 24.1 Å². The van der Waals surface area contributed by atoms with Crippen molar-refractivity contribution in [1.82, 2.24) is 4.57 Å². The van der Waals surface area contributed by atoms with Crippen LogP contribution in [0.15, 0.2) is 60.7 Å². The van der Waals surface area contributed by atoms with Gasteiger partial charge in [0.15, 0.2) is 6.29 Å². The van der Waals surface area contributed by atoms with Crippen molar-refractivity contribution in [2.75, 3.05) is 13.2 Å². The van der Waals surface area contributed by atoms with Crippen molar-refractivity contribution < 1.29 is 14.3 Å². The summed E-state index contributed by atoms with van der Waals surface area (Å²) in [7, 11) is 0. The van der Waals surface area contributed by atoms with E-state index in [1.54, 1.807) is 0 Å². The van der Waals surface area contributed by atoms with Crippen LogP contribution in [0, 0.1) is 0 Å². The average Bonchev–Trinajstić information content (AvgIpc) is 3.22. The van der Waals surface area contributed by atoms with Crippen LogP contribution in [0.3, 0.4) is 0 Å². The van der Waals surface area contributed by atoms with E-state index in [9.17, 15) is 4.79 Å². The summed E-state index contributed by atoms with van der Waals surface area (Å²) in [6.45, 7) is 5.63. The van der Waals surface area contributed by atoms with Crippen molar-refractivity contribution in [3.63, 3.8) is 0 Å². The van der Waals surface area contributed by atoms with E-state index in [4.69, 9.17) is 9.47 Å². The van der Waals surface area contributed by atoms with Crippen molar-refractivity contribution in [2.45, 2.75) is 65.2 Å². The molecule has 0 saturated carbocycles. The molecule has 1 aromatic heterocycles. The van der Waals surface area contributed by atoms with Crippen LogP contribution in [0.4, 0.5) is 0 Å². The van der Waals surface area contributed by atoms with Crippen molar-refractivity contribution in [1.29, 1.82) is 0 Å². The SMILES string of the molecule is CCCCCCOc1ccc(OCCCCCC)c(-n2c3ccccc3c3ccccc32)c1C=O. The smallest absolute Gasteiger partial charge is 0.156 e. The maximum atomic E-state index is 12.6. The number of aldehydes is 1. The van der Waals surface area contributed by atoms with Gasteiger partial charge in [-0.2, -0.15) is 0 Å². The fourth-order valence-corrected chi connectivity index (χ4v) is 4.74. The van der Waals surface area contributed by atoms with Crippen LogP contribution in [-0.2, 0) is 0 Å². The lowest BCUT2D eigenvalue weighted by molar-refractivity contribution is 0.111. The molecule has 0 aliphatic rings. The lowest BCUT2D eigenvalue weighted by atomic mass is 10.1. The summed E-state index contributed by atoms with van der Waals surface area (Å²) in [5.41, 5.74) is 3.40. The Balaban J connectivity index is 1.81. The van der Waals surface area contributed by atoms with Crippen molar-refractivity contribution in [2.24, 2.45) is 0 Å². The Morgan fingerprint density at radius 2 is 1.17 bits per heavy atom. The number of carbonyl (C=O) groups is 1. The van der Waals surface area contributed by atoms with E-state index in [-0.39, 0.29) is 0 Å². The van der Waals surface area contributed by atoms with E-state index < -0.39 is 0 Å². The van der Waals surface area contributed by atoms with Gasteiger partial charge in [0, 0.05) is 10.8 Å². The van der Waals surface area contributed by atoms with E-state index in [0.29, 0.717) is 30.3 Å². The van der Waals surface area contributed by atoms with Crippen LogP contribution >= 0.6 is 0 Å². The summed E-state index contributed by atoms with van der Waals surface area (Å²) in [5.74, 6) is 1.33. The van der Waals surface area contributed by atoms with Gasteiger partial charge in [0.05, 0.1) is 29.8 Å². The third-order valence-electron chi connectivity index (χ3n) is 6.57. The number of hydrogen-bond donors (Lipinski definition) is 0. The molecule has 1 heterocycles. The average molecular weight is 472 g/mol. The van der Waals surface area contributed by atoms with Crippen molar-refractivity contribution >= 4 is 28.1 Å². The lowest BCUT2D eigenvalue weighted by Crippen LogP contribution is -2.08. The summed E-state index contributed by atoms with van der Waals surface area (Å²) in [6.07, 6.45) is 9.93. The van der Waals surface area contributed by atoms with Gasteiger partial charge in [0.1, 0.15) is 17.2 Å². The number of para-hydroxylation sites is 2. The molecule has 35 heavy (non-hydrogen) atoms. The van der Waals surface area contributed by atoms with Crippen LogP contribution in [0.5, 0.6) is 11.5 Å². The fraction of sp³-hybridized carbons (Fsp3) is 0.387. The van der Waals surface area contributed by atoms with Crippen LogP contribution in [0.25, 0.3) is 27.5 Å². The van der Waals surface area contributed by atoms with E-state index in [1.165, 1.54) is 25.7 Å². The minimum Gasteiger partial charge on any atom is -0.493 e. The van der Waals surface area contributed by atoms with Gasteiger partial charge in [0.2, 0.25) is 0 Å². The Kier molecular flexibility index (Phi) is 8.83. The number of nitrogens with zero attached hydrogens (tertiary/aromatic N) is 1. The summed E-state index contributed by atoms with van der Waals surface area (Å²) >= 11 is 0. The Labute approximate surface area is 208 Å². The Morgan fingerprint density at radius 3 is 1.71 bits per heavy atom. The van der Waals surface area contributed by atoms with Crippen LogP contribution in [0.1, 0.15) is 75.6 Å². The van der Waals surface area contributed by atoms with E-state index >= 15 is 0 Å². The van der Waals surface area contributed by atoms with Gasteiger partial charge in [-0.1, -0.05) is 88.8 Å². The number of aromatic nitrogens is 1. The number of ether oxygens (including phenoxy) is 2. The number of fused-ring (bicyclic) bond motifs is 3. The summed E-state index contributed by atoms with van der Waals surface area (Å²) in [6, 6.07) is 20.5. The molecule has 0 N–H and O–H groups in total. The van der Waals surface area contributed by atoms with Gasteiger partial charge in [-0.3, -0.25) is 4.79 Å². The second kappa shape index (κ2) is 12.4. The number of benzene rings is 3. The van der Waals surface area contributed by atoms with Gasteiger partial charge < -0.3 is 14.0 Å². The standard InChI is InChI=1S/C31H37NO3/c1-3-5-7-13-21-34-29-19-20-30(35-22-14-8-6-4-2)31(26(29)23-33)32-27-17-11-9-15-24(27)25-16-10-12-18-28(25)32/h9-12,15-20,23H,3-8,13-14,21-22H2,1-2H3. The molecule has 4 rings (SSSR count). The van der Waals surface area contributed by atoms with E-state index in [0.717, 1.165) is 59.5 Å². The minimum atomic E-state index is 0.540. The van der Waals surface area contributed by atoms with Gasteiger partial charge in [-0.15, -0.1) is 0 Å². The number of carbonyl (C=O) groups excluding carboxylic acids is 1. The number of hydrogen-bond acceptors (Lipinski definition) is 3. The number of rotatable bonds is 14. The molecule has 0 radical (unpaired) electrons. The molecule has 0 bridgehead atoms. The topological polar surface area (TPSA) is 40.5 Å². The first-order valence-electron chi connectivity index (χ1n) is 13.2. The quantitative estimate of drug-likeness (QED) is 0.137. The molecule has 0 atom stereocenters. The zero-order chi connectivity index (χ0) is 24.5. The molecule has 0 amide bonds. The van der Waals surface area contributed by atoms with Gasteiger partial charge in [-0.25, -0.2) is 0 Å². The summed E-state index contributed by atoms with van der Waals surface area (Å²) < 4.78 is 14.6. The molecule has 3 aromatic carbocycles. The molecule has 0 saturated heterocycles. The highest BCUT2D eigenvalue weighted by Crippen LogP contribution is 2.39. The summed E-state index contributed by atoms with van der Waals surface area (Å²) in [4.78, 5) is 12.6. The molecule has 184 valence electrons. The molecule has 4 nitrogen and oxygen atoms in total. The Hall–Kier alpha value is -3.27. The first-order valence-corrected chi connectivity index (χ1v) is 13.2. The third kappa shape index (κ3) is 5.53. The monoisotopic (exact) mass is 471 g/mol. The highest BCUT2D eigenvalue weighted by Gasteiger charge is 2.21. The fourth-order valence-electron chi connectivity index (χ4n) is 4.74. The molecule has 0 unspecified atom stereocenters. The zero-order valence-electron chi connectivity index (χ0n) is 21.1. The third-order valence-corrected chi connectivity index (χ3v) is 6.57. The van der Waals surface area contributed by atoms with Crippen molar-refractivity contribution in [3.8, 4) is 17.2 Å². The highest BCUT2D eigenvalue weighted by atomic mass is 16.5. The predicted octanol–water partition coefficient (Wildman–Crippen LogP) is 8.51. The molecular weight excluding hydrogens is 434 g/mol. The minimum absolute atomic E-state index is 0.540. The predicted molar refractivity (Wildman–Crippen MR) is 145 cm³/mol. The maximum Gasteiger partial charge on any atom is 0.156 e. The zero-order valence-corrected chi connectivity index (χ0v) is 21.1. The largest absolute Gasteiger partial charge is 0.493 e. The summed E-state index contributed by atoms with van der Waals surface area (Å²) in [5, 5.41) is 2.31. The molecule has 0 fully saturated rings. The van der Waals surface area contributed by atoms with E-state index in [1.807, 2.05) is 24.3 Å². The second-order valence-corrected chi connectivity index (χ2v) is 9.13. The first-order chi connectivity index (χ1) is 17.3. The molecule has 0 spiro atoms. The molecule has 4 heteroatoms. The van der Waals surface area contributed by atoms with Crippen LogP contribution < -0.4 is 9.47 Å². The maximum absolute atomic E-state index is 12.6. The highest BCUT2D eigenvalue weighted by molar-refractivity contribution is 6.10. The molecule has 0 aliphatic heterocycles. The molecule has 4 aromatic rings. The first kappa shape index (κ1) is 24.8. The number of unbranched alkanes of at least 4 members (excludes halogenated alkanes) is 6.